The van der Waals surface area contributed by atoms with Gasteiger partial charge in [-0.25, -0.2) is 4.98 Å². The number of hydrogen-bond donors (Lipinski definition) is 2. The summed E-state index contributed by atoms with van der Waals surface area (Å²) in [4.78, 5) is 24.6. The molecule has 0 radical (unpaired) electrons. The van der Waals surface area contributed by atoms with Crippen LogP contribution in [0.15, 0.2) is 30.6 Å². The van der Waals surface area contributed by atoms with Crippen LogP contribution in [-0.4, -0.2) is 48.9 Å². The maximum atomic E-state index is 11.5. The van der Waals surface area contributed by atoms with Crippen LogP contribution in [0.4, 0.5) is 0 Å². The summed E-state index contributed by atoms with van der Waals surface area (Å²) in [6.45, 7) is 5.92. The smallest absolute Gasteiger partial charge is 0.336 e. The number of aromatic amines is 1. The molecule has 1 fully saturated rings. The van der Waals surface area contributed by atoms with Crippen LogP contribution < -0.4 is 9.47 Å². The molecular weight excluding hydrogens is 398 g/mol. The second-order valence-electron chi connectivity index (χ2n) is 8.13. The monoisotopic (exact) mass is 423 g/mol. The van der Waals surface area contributed by atoms with Gasteiger partial charge in [0.1, 0.15) is 17.7 Å². The molecule has 1 saturated carbocycles. The van der Waals surface area contributed by atoms with Crippen molar-refractivity contribution in [3.63, 3.8) is 0 Å². The molecule has 9 heteroatoms. The van der Waals surface area contributed by atoms with Crippen LogP contribution in [0.5, 0.6) is 11.9 Å². The van der Waals surface area contributed by atoms with E-state index in [-0.39, 0.29) is 18.7 Å². The van der Waals surface area contributed by atoms with Crippen molar-refractivity contribution < 1.29 is 19.4 Å². The number of rotatable bonds is 8. The summed E-state index contributed by atoms with van der Waals surface area (Å²) in [5.41, 5.74) is 2.67. The molecule has 3 heterocycles. The fourth-order valence-electron chi connectivity index (χ4n) is 3.46. The van der Waals surface area contributed by atoms with Crippen molar-refractivity contribution in [1.82, 2.24) is 25.1 Å². The molecule has 0 spiro atoms. The van der Waals surface area contributed by atoms with E-state index < -0.39 is 11.4 Å². The highest BCUT2D eigenvalue weighted by Gasteiger charge is 2.45. The lowest BCUT2D eigenvalue weighted by Gasteiger charge is -2.36. The third-order valence-corrected chi connectivity index (χ3v) is 5.47. The Morgan fingerprint density at radius 3 is 2.65 bits per heavy atom. The number of nitrogens with zero attached hydrogens (tertiary/aromatic N) is 4. The minimum absolute atomic E-state index is 0.00945. The molecule has 4 rings (SSSR count). The van der Waals surface area contributed by atoms with Crippen LogP contribution in [-0.2, 0) is 4.79 Å². The Morgan fingerprint density at radius 2 is 2.06 bits per heavy atom. The summed E-state index contributed by atoms with van der Waals surface area (Å²) in [7, 11) is 0. The molecule has 31 heavy (non-hydrogen) atoms. The normalized spacial score (nSPS) is 14.8. The van der Waals surface area contributed by atoms with Gasteiger partial charge in [-0.3, -0.25) is 14.9 Å². The summed E-state index contributed by atoms with van der Waals surface area (Å²) in [5, 5.41) is 16.3. The fraction of sp³-hybridized carbons (Fsp3) is 0.409. The molecule has 0 unspecified atom stereocenters. The van der Waals surface area contributed by atoms with Gasteiger partial charge in [-0.2, -0.15) is 4.98 Å². The third-order valence-electron chi connectivity index (χ3n) is 5.47. The highest BCUT2D eigenvalue weighted by Crippen LogP contribution is 2.41. The number of H-pyrrole nitrogens is 1. The average molecular weight is 423 g/mol. The number of hydrogen-bond acceptors (Lipinski definition) is 7. The van der Waals surface area contributed by atoms with E-state index in [1.54, 1.807) is 12.4 Å². The molecule has 0 aromatic carbocycles. The zero-order valence-electron chi connectivity index (χ0n) is 17.8. The summed E-state index contributed by atoms with van der Waals surface area (Å²) in [6, 6.07) is 5.90. The van der Waals surface area contributed by atoms with E-state index in [0.717, 1.165) is 23.1 Å². The Kier molecular flexibility index (Phi) is 5.58. The molecule has 162 valence electrons. The number of aryl methyl sites for hydroxylation is 1. The molecule has 0 bridgehead atoms. The Hall–Kier alpha value is -3.49. The Bertz CT molecular complexity index is 1070. The van der Waals surface area contributed by atoms with Crippen LogP contribution in [0.25, 0.3) is 22.6 Å². The molecule has 2 N–H and O–H groups in total. The van der Waals surface area contributed by atoms with Gasteiger partial charge in [-0.05, 0) is 45.2 Å². The molecule has 0 amide bonds. The second-order valence-corrected chi connectivity index (χ2v) is 8.13. The highest BCUT2D eigenvalue weighted by atomic mass is 16.5. The van der Waals surface area contributed by atoms with E-state index in [0.29, 0.717) is 30.2 Å². The third kappa shape index (κ3) is 4.35. The van der Waals surface area contributed by atoms with Gasteiger partial charge in [0.15, 0.2) is 5.82 Å². The van der Waals surface area contributed by atoms with Crippen LogP contribution in [0.2, 0.25) is 0 Å². The molecule has 1 aliphatic rings. The number of carboxylic acids is 1. The number of nitrogens with one attached hydrogen (secondary N) is 1. The number of aromatic nitrogens is 5. The van der Waals surface area contributed by atoms with Crippen molar-refractivity contribution in [2.45, 2.75) is 46.1 Å². The van der Waals surface area contributed by atoms with Gasteiger partial charge in [-0.1, -0.05) is 12.5 Å². The van der Waals surface area contributed by atoms with E-state index in [1.807, 2.05) is 39.0 Å². The summed E-state index contributed by atoms with van der Waals surface area (Å²) >= 11 is 0. The van der Waals surface area contributed by atoms with E-state index in [1.165, 1.54) is 0 Å². The predicted molar refractivity (Wildman–Crippen MR) is 113 cm³/mol. The van der Waals surface area contributed by atoms with E-state index in [2.05, 4.69) is 25.1 Å². The van der Waals surface area contributed by atoms with Gasteiger partial charge in [0.2, 0.25) is 5.88 Å². The summed E-state index contributed by atoms with van der Waals surface area (Å²) < 4.78 is 11.2. The molecule has 0 aliphatic heterocycles. The van der Waals surface area contributed by atoms with Crippen molar-refractivity contribution in [3.8, 4) is 34.5 Å². The van der Waals surface area contributed by atoms with Gasteiger partial charge in [0, 0.05) is 29.6 Å². The molecular formula is C22H25N5O4. The van der Waals surface area contributed by atoms with Gasteiger partial charge in [0.05, 0.1) is 6.10 Å². The topological polar surface area (TPSA) is 123 Å². The Balaban J connectivity index is 1.46. The average Bonchev–Trinajstić information content (AvgIpc) is 3.15. The molecule has 0 atom stereocenters. The number of aliphatic carboxylic acids is 1. The van der Waals surface area contributed by atoms with E-state index in [4.69, 9.17) is 9.47 Å². The largest absolute Gasteiger partial charge is 0.481 e. The molecule has 9 nitrogen and oxygen atoms in total. The van der Waals surface area contributed by atoms with Crippen molar-refractivity contribution in [2.24, 2.45) is 5.41 Å². The van der Waals surface area contributed by atoms with E-state index in [9.17, 15) is 9.90 Å². The van der Waals surface area contributed by atoms with Crippen molar-refractivity contribution in [2.75, 3.05) is 6.61 Å². The van der Waals surface area contributed by atoms with Crippen molar-refractivity contribution in [3.05, 3.63) is 36.2 Å². The standard InChI is InChI=1S/C22H25N5O4/c1-13(2)31-21-25-19(26-27-21)17-6-5-15(10-23-17)16-11-24-18(9-14(16)3)30-12-22(20(28)29)7-4-8-22/h5-6,9-11,13H,4,7-8,12H2,1-3H3,(H,28,29)(H,25,26,27). The maximum absolute atomic E-state index is 11.5. The van der Waals surface area contributed by atoms with Crippen molar-refractivity contribution >= 4 is 5.97 Å². The predicted octanol–water partition coefficient (Wildman–Crippen LogP) is 3.66. The lowest BCUT2D eigenvalue weighted by atomic mass is 9.69. The summed E-state index contributed by atoms with van der Waals surface area (Å²) in [5.74, 6) is 0.162. The molecule has 0 saturated heterocycles. The maximum Gasteiger partial charge on any atom is 0.336 e. The molecule has 1 aliphatic carbocycles. The first-order valence-corrected chi connectivity index (χ1v) is 10.2. The Morgan fingerprint density at radius 1 is 1.26 bits per heavy atom. The van der Waals surface area contributed by atoms with Crippen LogP contribution >= 0.6 is 0 Å². The number of ether oxygens (including phenoxy) is 2. The molecule has 3 aromatic heterocycles. The SMILES string of the molecule is Cc1cc(OCC2(C(=O)O)CCC2)ncc1-c1ccc(-c2nc(OC(C)C)n[nH]2)nc1. The minimum atomic E-state index is -0.798. The van der Waals surface area contributed by atoms with Crippen LogP contribution in [0.1, 0.15) is 38.7 Å². The number of pyridine rings is 2. The first kappa shape index (κ1) is 20.8. The van der Waals surface area contributed by atoms with Gasteiger partial charge >= 0.3 is 12.0 Å². The van der Waals surface area contributed by atoms with Crippen LogP contribution in [0, 0.1) is 12.3 Å². The number of carbonyl (C=O) groups is 1. The first-order chi connectivity index (χ1) is 14.9. The van der Waals surface area contributed by atoms with Crippen molar-refractivity contribution in [1.29, 1.82) is 0 Å². The minimum Gasteiger partial charge on any atom is -0.481 e. The van der Waals surface area contributed by atoms with Gasteiger partial charge in [-0.15, -0.1) is 5.10 Å². The van der Waals surface area contributed by atoms with Gasteiger partial charge in [0.25, 0.3) is 0 Å². The zero-order valence-corrected chi connectivity index (χ0v) is 17.8. The highest BCUT2D eigenvalue weighted by molar-refractivity contribution is 5.76. The second kappa shape index (κ2) is 8.33. The van der Waals surface area contributed by atoms with Crippen LogP contribution in [0.3, 0.4) is 0 Å². The first-order valence-electron chi connectivity index (χ1n) is 10.2. The quantitative estimate of drug-likeness (QED) is 0.563. The zero-order chi connectivity index (χ0) is 22.0. The van der Waals surface area contributed by atoms with E-state index >= 15 is 0 Å². The summed E-state index contributed by atoms with van der Waals surface area (Å²) in [6.07, 6.45) is 5.67. The fourth-order valence-corrected chi connectivity index (χ4v) is 3.46. The number of carboxylic acid groups (broad SMARTS) is 1. The lowest BCUT2D eigenvalue weighted by Crippen LogP contribution is -2.43. The Labute approximate surface area is 179 Å². The van der Waals surface area contributed by atoms with Gasteiger partial charge < -0.3 is 14.6 Å². The molecule has 3 aromatic rings. The lowest BCUT2D eigenvalue weighted by molar-refractivity contribution is -0.157.